The predicted octanol–water partition coefficient (Wildman–Crippen LogP) is 3.58. The van der Waals surface area contributed by atoms with Gasteiger partial charge in [0.25, 0.3) is 0 Å². The fourth-order valence-electron chi connectivity index (χ4n) is 3.91. The number of aromatic amines is 1. The molecule has 0 fully saturated rings. The van der Waals surface area contributed by atoms with Crippen LogP contribution < -0.4 is 5.76 Å². The van der Waals surface area contributed by atoms with Crippen molar-refractivity contribution in [2.24, 2.45) is 5.92 Å². The maximum absolute atomic E-state index is 13.1. The molecule has 164 valence electrons. The predicted molar refractivity (Wildman–Crippen MR) is 118 cm³/mol. The number of benzene rings is 1. The smallest absolute Gasteiger partial charge is 0.408 e. The summed E-state index contributed by atoms with van der Waals surface area (Å²) >= 11 is 0. The van der Waals surface area contributed by atoms with Crippen LogP contribution in [-0.2, 0) is 13.0 Å². The fraction of sp³-hybridized carbons (Fsp3) is 0.217. The van der Waals surface area contributed by atoms with Crippen molar-refractivity contribution in [2.75, 3.05) is 0 Å². The molecule has 0 aliphatic heterocycles. The van der Waals surface area contributed by atoms with Crippen LogP contribution in [0.1, 0.15) is 30.9 Å². The van der Waals surface area contributed by atoms with Gasteiger partial charge in [-0.25, -0.2) is 24.1 Å². The second-order valence-corrected chi connectivity index (χ2v) is 8.10. The van der Waals surface area contributed by atoms with Crippen LogP contribution in [-0.4, -0.2) is 29.7 Å². The monoisotopic (exact) mass is 443 g/mol. The van der Waals surface area contributed by atoms with E-state index in [1.54, 1.807) is 18.3 Å². The molecule has 4 aromatic heterocycles. The third kappa shape index (κ3) is 3.63. The number of hydrogen-bond donors (Lipinski definition) is 1. The van der Waals surface area contributed by atoms with Gasteiger partial charge in [0, 0.05) is 10.9 Å². The molecule has 0 unspecified atom stereocenters. The second-order valence-electron chi connectivity index (χ2n) is 8.10. The van der Waals surface area contributed by atoms with Crippen LogP contribution in [0.5, 0.6) is 0 Å². The summed E-state index contributed by atoms with van der Waals surface area (Å²) in [6.45, 7) is 4.16. The lowest BCUT2D eigenvalue weighted by Gasteiger charge is -2.12. The number of nitrogens with zero attached hydrogens (tertiary/aromatic N) is 6. The van der Waals surface area contributed by atoms with E-state index in [0.717, 1.165) is 12.4 Å². The maximum Gasteiger partial charge on any atom is 0.420 e. The van der Waals surface area contributed by atoms with Gasteiger partial charge < -0.3 is 4.42 Å². The molecule has 0 bridgehead atoms. The molecule has 0 aliphatic carbocycles. The first-order chi connectivity index (χ1) is 15.9. The zero-order valence-corrected chi connectivity index (χ0v) is 17.8. The molecule has 0 amide bonds. The minimum absolute atomic E-state index is 0.0364. The van der Waals surface area contributed by atoms with Gasteiger partial charge in [-0.2, -0.15) is 10.4 Å². The summed E-state index contributed by atoms with van der Waals surface area (Å²) in [5, 5.41) is 17.7. The molecule has 5 rings (SSSR count). The summed E-state index contributed by atoms with van der Waals surface area (Å²) in [4.78, 5) is 24.9. The third-order valence-corrected chi connectivity index (χ3v) is 5.32. The summed E-state index contributed by atoms with van der Waals surface area (Å²) in [5.74, 6) is -0.550. The molecule has 1 aromatic carbocycles. The molecular weight excluding hydrogens is 425 g/mol. The number of hydrogen-bond acceptors (Lipinski definition) is 7. The van der Waals surface area contributed by atoms with Gasteiger partial charge in [-0.05, 0) is 30.0 Å². The van der Waals surface area contributed by atoms with E-state index in [9.17, 15) is 14.4 Å². The number of aromatic nitrogens is 6. The van der Waals surface area contributed by atoms with E-state index >= 15 is 0 Å². The maximum atomic E-state index is 13.1. The lowest BCUT2D eigenvalue weighted by molar-refractivity contribution is 0.512. The fourth-order valence-corrected chi connectivity index (χ4v) is 3.91. The highest BCUT2D eigenvalue weighted by atomic mass is 19.1. The van der Waals surface area contributed by atoms with Gasteiger partial charge >= 0.3 is 5.76 Å². The standard InChI is InChI=1S/C23H18FN7O2/c1-12(2)5-17-15(7-25)21(16-10-28-30-22(16)29-17)13-3-4-18-19(6-13)33-23(32)31(18)11-20-26-8-14(24)9-27-20/h3-4,6,8-10,12H,5,11H2,1-2H3,(H,28,29,30). The van der Waals surface area contributed by atoms with Gasteiger partial charge in [0.2, 0.25) is 0 Å². The summed E-state index contributed by atoms with van der Waals surface area (Å²) in [6, 6.07) is 7.59. The summed E-state index contributed by atoms with van der Waals surface area (Å²) in [7, 11) is 0. The minimum atomic E-state index is -0.584. The summed E-state index contributed by atoms with van der Waals surface area (Å²) in [6.07, 6.45) is 4.36. The topological polar surface area (TPSA) is 126 Å². The molecule has 9 nitrogen and oxygen atoms in total. The van der Waals surface area contributed by atoms with Gasteiger partial charge in [0.15, 0.2) is 17.0 Å². The first-order valence-electron chi connectivity index (χ1n) is 10.3. The van der Waals surface area contributed by atoms with E-state index in [2.05, 4.69) is 45.1 Å². The average molecular weight is 443 g/mol. The highest BCUT2D eigenvalue weighted by molar-refractivity contribution is 5.97. The van der Waals surface area contributed by atoms with Crippen LogP contribution >= 0.6 is 0 Å². The molecule has 33 heavy (non-hydrogen) atoms. The van der Waals surface area contributed by atoms with E-state index in [0.29, 0.717) is 56.9 Å². The third-order valence-electron chi connectivity index (χ3n) is 5.32. The van der Waals surface area contributed by atoms with Crippen molar-refractivity contribution in [3.8, 4) is 17.2 Å². The van der Waals surface area contributed by atoms with Crippen molar-refractivity contribution >= 4 is 22.1 Å². The van der Waals surface area contributed by atoms with Crippen molar-refractivity contribution in [3.63, 3.8) is 0 Å². The van der Waals surface area contributed by atoms with Gasteiger partial charge in [-0.15, -0.1) is 0 Å². The van der Waals surface area contributed by atoms with Crippen LogP contribution in [0.2, 0.25) is 0 Å². The quantitative estimate of drug-likeness (QED) is 0.440. The number of oxazole rings is 1. The van der Waals surface area contributed by atoms with E-state index in [1.807, 2.05) is 6.07 Å². The number of halogens is 1. The van der Waals surface area contributed by atoms with E-state index in [4.69, 9.17) is 4.42 Å². The summed E-state index contributed by atoms with van der Waals surface area (Å²) in [5.41, 5.74) is 4.03. The molecule has 0 spiro atoms. The average Bonchev–Trinajstić information content (AvgIpc) is 3.37. The Hall–Kier alpha value is -4.39. The Kier molecular flexibility index (Phi) is 4.94. The molecule has 0 saturated carbocycles. The Morgan fingerprint density at radius 1 is 1.24 bits per heavy atom. The van der Waals surface area contributed by atoms with Gasteiger partial charge in [-0.3, -0.25) is 9.67 Å². The van der Waals surface area contributed by atoms with Crippen LogP contribution in [0.4, 0.5) is 4.39 Å². The number of H-pyrrole nitrogens is 1. The Morgan fingerprint density at radius 2 is 2.03 bits per heavy atom. The van der Waals surface area contributed by atoms with Crippen molar-refractivity contribution in [1.29, 1.82) is 5.26 Å². The van der Waals surface area contributed by atoms with E-state index in [1.165, 1.54) is 4.57 Å². The van der Waals surface area contributed by atoms with Crippen molar-refractivity contribution < 1.29 is 8.81 Å². The zero-order chi connectivity index (χ0) is 23.1. The van der Waals surface area contributed by atoms with Crippen molar-refractivity contribution in [3.05, 3.63) is 70.2 Å². The molecule has 4 heterocycles. The second kappa shape index (κ2) is 7.94. The zero-order valence-electron chi connectivity index (χ0n) is 17.8. The normalized spacial score (nSPS) is 11.5. The Balaban J connectivity index is 1.66. The van der Waals surface area contributed by atoms with Crippen LogP contribution in [0.25, 0.3) is 33.3 Å². The molecule has 0 aliphatic rings. The SMILES string of the molecule is CC(C)Cc1nc2[nH]ncc2c(-c2ccc3c(c2)oc(=O)n3Cc2ncc(F)cn2)c1C#N. The number of nitriles is 1. The minimum Gasteiger partial charge on any atom is -0.408 e. The van der Waals surface area contributed by atoms with Crippen LogP contribution in [0, 0.1) is 23.1 Å². The number of rotatable bonds is 5. The van der Waals surface area contributed by atoms with Crippen molar-refractivity contribution in [2.45, 2.75) is 26.8 Å². The molecule has 10 heteroatoms. The van der Waals surface area contributed by atoms with Gasteiger partial charge in [-0.1, -0.05) is 19.9 Å². The Morgan fingerprint density at radius 3 is 2.76 bits per heavy atom. The number of fused-ring (bicyclic) bond motifs is 2. The molecule has 1 N–H and O–H groups in total. The first-order valence-corrected chi connectivity index (χ1v) is 10.3. The lowest BCUT2D eigenvalue weighted by Crippen LogP contribution is -2.16. The van der Waals surface area contributed by atoms with Crippen molar-refractivity contribution in [1.82, 2.24) is 29.7 Å². The van der Waals surface area contributed by atoms with Gasteiger partial charge in [0.05, 0.1) is 41.9 Å². The van der Waals surface area contributed by atoms with E-state index in [-0.39, 0.29) is 12.4 Å². The van der Waals surface area contributed by atoms with Crippen LogP contribution in [0.3, 0.4) is 0 Å². The number of pyridine rings is 1. The lowest BCUT2D eigenvalue weighted by atomic mass is 9.93. The highest BCUT2D eigenvalue weighted by Gasteiger charge is 2.20. The Labute approximate surface area is 186 Å². The van der Waals surface area contributed by atoms with Crippen LogP contribution in [0.15, 0.2) is 46.0 Å². The molecular formula is C23H18FN7O2. The van der Waals surface area contributed by atoms with E-state index < -0.39 is 11.6 Å². The largest absolute Gasteiger partial charge is 0.420 e. The highest BCUT2D eigenvalue weighted by Crippen LogP contribution is 2.34. The molecule has 0 atom stereocenters. The number of nitrogens with one attached hydrogen (secondary N) is 1. The molecule has 5 aromatic rings. The molecule has 0 radical (unpaired) electrons. The Bertz CT molecular complexity index is 1590. The summed E-state index contributed by atoms with van der Waals surface area (Å²) < 4.78 is 20.0. The first kappa shape index (κ1) is 20.5. The molecule has 0 saturated heterocycles. The van der Waals surface area contributed by atoms with Gasteiger partial charge in [0.1, 0.15) is 11.9 Å².